The summed E-state index contributed by atoms with van der Waals surface area (Å²) in [6, 6.07) is 0. The number of imidazole rings is 1. The van der Waals surface area contributed by atoms with Crippen molar-refractivity contribution in [3.8, 4) is 11.5 Å². The van der Waals surface area contributed by atoms with Gasteiger partial charge in [-0.25, -0.2) is 9.97 Å². The molecule has 0 amide bonds. The summed E-state index contributed by atoms with van der Waals surface area (Å²) in [6.07, 6.45) is 5.31. The lowest BCUT2D eigenvalue weighted by molar-refractivity contribution is 0.768. The van der Waals surface area contributed by atoms with Crippen molar-refractivity contribution in [2.75, 3.05) is 0 Å². The molecule has 3 aromatic heterocycles. The maximum atomic E-state index is 5.89. The van der Waals surface area contributed by atoms with Crippen molar-refractivity contribution >= 4 is 22.6 Å². The first-order valence-electron chi connectivity index (χ1n) is 5.17. The molecule has 3 aromatic rings. The van der Waals surface area contributed by atoms with Crippen molar-refractivity contribution in [3.05, 3.63) is 23.9 Å². The monoisotopic (exact) mass is 248 g/mol. The Labute approximate surface area is 102 Å². The van der Waals surface area contributed by atoms with Gasteiger partial charge in [-0.3, -0.25) is 5.10 Å². The molecule has 0 unspecified atom stereocenters. The van der Waals surface area contributed by atoms with Crippen LogP contribution in [-0.2, 0) is 6.54 Å². The zero-order valence-corrected chi connectivity index (χ0v) is 9.81. The van der Waals surface area contributed by atoms with Gasteiger partial charge < -0.3 is 4.57 Å². The van der Waals surface area contributed by atoms with E-state index in [1.165, 1.54) is 0 Å². The average Bonchev–Trinajstić information content (AvgIpc) is 2.95. The lowest BCUT2D eigenvalue weighted by atomic mass is 10.3. The van der Waals surface area contributed by atoms with Crippen LogP contribution in [0.5, 0.6) is 0 Å². The van der Waals surface area contributed by atoms with E-state index in [9.17, 15) is 0 Å². The van der Waals surface area contributed by atoms with Crippen molar-refractivity contribution in [1.82, 2.24) is 29.7 Å². The first-order valence-corrected chi connectivity index (χ1v) is 5.55. The summed E-state index contributed by atoms with van der Waals surface area (Å²) in [5, 5.41) is 7.72. The summed E-state index contributed by atoms with van der Waals surface area (Å²) >= 11 is 5.89. The predicted octanol–water partition coefficient (Wildman–Crippen LogP) is 1.89. The molecule has 6 nitrogen and oxygen atoms in total. The smallest absolute Gasteiger partial charge is 0.225 e. The molecule has 0 fully saturated rings. The average molecular weight is 249 g/mol. The second kappa shape index (κ2) is 3.81. The van der Waals surface area contributed by atoms with E-state index in [0.29, 0.717) is 11.3 Å². The number of aromatic amines is 1. The highest BCUT2D eigenvalue weighted by molar-refractivity contribution is 6.28. The van der Waals surface area contributed by atoms with Crippen LogP contribution in [0.25, 0.3) is 22.6 Å². The van der Waals surface area contributed by atoms with Gasteiger partial charge in [0.15, 0.2) is 11.5 Å². The van der Waals surface area contributed by atoms with Crippen LogP contribution in [0.1, 0.15) is 6.92 Å². The maximum Gasteiger partial charge on any atom is 0.225 e. The summed E-state index contributed by atoms with van der Waals surface area (Å²) in [5.41, 5.74) is 1.31. The van der Waals surface area contributed by atoms with Crippen molar-refractivity contribution in [2.24, 2.45) is 0 Å². The molecule has 0 bridgehead atoms. The molecule has 0 aliphatic carbocycles. The first-order chi connectivity index (χ1) is 8.29. The van der Waals surface area contributed by atoms with Crippen LogP contribution < -0.4 is 0 Å². The topological polar surface area (TPSA) is 72.3 Å². The van der Waals surface area contributed by atoms with Crippen molar-refractivity contribution in [2.45, 2.75) is 13.5 Å². The molecule has 0 radical (unpaired) electrons. The molecule has 0 atom stereocenters. The van der Waals surface area contributed by atoms with Gasteiger partial charge in [-0.2, -0.15) is 10.1 Å². The number of halogens is 1. The second-order valence-corrected chi connectivity index (χ2v) is 3.85. The number of hydrogen-bond acceptors (Lipinski definition) is 4. The number of H-pyrrole nitrogens is 1. The lowest BCUT2D eigenvalue weighted by Gasteiger charge is -2.04. The zero-order valence-electron chi connectivity index (χ0n) is 9.05. The van der Waals surface area contributed by atoms with E-state index in [1.807, 2.05) is 17.7 Å². The van der Waals surface area contributed by atoms with Gasteiger partial charge in [0.05, 0.1) is 11.6 Å². The molecule has 86 valence electrons. The van der Waals surface area contributed by atoms with Gasteiger partial charge in [0, 0.05) is 18.9 Å². The Morgan fingerprint density at radius 2 is 2.29 bits per heavy atom. The molecule has 17 heavy (non-hydrogen) atoms. The number of hydrogen-bond donors (Lipinski definition) is 1. The Kier molecular flexibility index (Phi) is 2.29. The highest BCUT2D eigenvalue weighted by Crippen LogP contribution is 2.24. The van der Waals surface area contributed by atoms with E-state index in [4.69, 9.17) is 11.6 Å². The van der Waals surface area contributed by atoms with Gasteiger partial charge in [0.2, 0.25) is 5.28 Å². The Hall–Kier alpha value is -1.95. The first kappa shape index (κ1) is 10.2. The van der Waals surface area contributed by atoms with E-state index < -0.39 is 0 Å². The maximum absolute atomic E-state index is 5.89. The number of fused-ring (bicyclic) bond motifs is 1. The summed E-state index contributed by atoms with van der Waals surface area (Å²) in [5.74, 6) is 0.767. The molecule has 7 heteroatoms. The molecule has 0 saturated heterocycles. The molecular weight excluding hydrogens is 240 g/mol. The fourth-order valence-corrected chi connectivity index (χ4v) is 1.93. The van der Waals surface area contributed by atoms with Crippen molar-refractivity contribution in [3.63, 3.8) is 0 Å². The third-order valence-electron chi connectivity index (χ3n) is 2.55. The van der Waals surface area contributed by atoms with Crippen LogP contribution in [0, 0.1) is 0 Å². The fourth-order valence-electron chi connectivity index (χ4n) is 1.76. The third-order valence-corrected chi connectivity index (χ3v) is 2.72. The summed E-state index contributed by atoms with van der Waals surface area (Å²) in [4.78, 5) is 12.6. The predicted molar refractivity (Wildman–Crippen MR) is 63.6 cm³/mol. The molecule has 1 N–H and O–H groups in total. The van der Waals surface area contributed by atoms with Crippen LogP contribution in [-0.4, -0.2) is 29.7 Å². The highest BCUT2D eigenvalue weighted by atomic mass is 35.5. The second-order valence-electron chi connectivity index (χ2n) is 3.51. The Morgan fingerprint density at radius 3 is 3.12 bits per heavy atom. The SMILES string of the molecule is CCn1ccnc1-c1nc(Cl)nc2[nH]ncc12. The standard InChI is InChI=1S/C10H9ClN6/c1-2-17-4-3-12-9(17)7-6-5-13-16-8(6)15-10(11)14-7/h3-5H,2H2,1H3,(H,13,14,15,16). The van der Waals surface area contributed by atoms with E-state index in [2.05, 4.69) is 25.1 Å². The molecule has 0 aliphatic rings. The number of aryl methyl sites for hydroxylation is 1. The fraction of sp³-hybridized carbons (Fsp3) is 0.200. The van der Waals surface area contributed by atoms with Gasteiger partial charge in [-0.1, -0.05) is 0 Å². The minimum absolute atomic E-state index is 0.183. The van der Waals surface area contributed by atoms with Crippen LogP contribution >= 0.6 is 11.6 Å². The molecule has 3 rings (SSSR count). The summed E-state index contributed by atoms with van der Waals surface area (Å²) in [7, 11) is 0. The van der Waals surface area contributed by atoms with Crippen LogP contribution in [0.15, 0.2) is 18.6 Å². The van der Waals surface area contributed by atoms with Crippen molar-refractivity contribution < 1.29 is 0 Å². The van der Waals surface area contributed by atoms with Gasteiger partial charge >= 0.3 is 0 Å². The molecular formula is C10H9ClN6. The number of aromatic nitrogens is 6. The minimum atomic E-state index is 0.183. The van der Waals surface area contributed by atoms with Crippen LogP contribution in [0.3, 0.4) is 0 Å². The highest BCUT2D eigenvalue weighted by Gasteiger charge is 2.14. The number of nitrogens with zero attached hydrogens (tertiary/aromatic N) is 5. The van der Waals surface area contributed by atoms with Crippen molar-refractivity contribution in [1.29, 1.82) is 0 Å². The summed E-state index contributed by atoms with van der Waals surface area (Å²) < 4.78 is 1.99. The molecule has 0 spiro atoms. The minimum Gasteiger partial charge on any atom is -0.330 e. The molecule has 0 aromatic carbocycles. The van der Waals surface area contributed by atoms with E-state index in [-0.39, 0.29) is 5.28 Å². The third kappa shape index (κ3) is 1.57. The largest absolute Gasteiger partial charge is 0.330 e. The van der Waals surface area contributed by atoms with Gasteiger partial charge in [0.1, 0.15) is 5.69 Å². The lowest BCUT2D eigenvalue weighted by Crippen LogP contribution is -1.99. The van der Waals surface area contributed by atoms with E-state index in [0.717, 1.165) is 17.8 Å². The number of nitrogens with one attached hydrogen (secondary N) is 1. The van der Waals surface area contributed by atoms with Gasteiger partial charge in [-0.15, -0.1) is 0 Å². The Bertz CT molecular complexity index is 670. The summed E-state index contributed by atoms with van der Waals surface area (Å²) in [6.45, 7) is 2.86. The van der Waals surface area contributed by atoms with E-state index in [1.54, 1.807) is 12.4 Å². The van der Waals surface area contributed by atoms with E-state index >= 15 is 0 Å². The van der Waals surface area contributed by atoms with Gasteiger partial charge in [-0.05, 0) is 18.5 Å². The van der Waals surface area contributed by atoms with Crippen LogP contribution in [0.4, 0.5) is 0 Å². The normalized spacial score (nSPS) is 11.2. The quantitative estimate of drug-likeness (QED) is 0.703. The van der Waals surface area contributed by atoms with Crippen LogP contribution in [0.2, 0.25) is 5.28 Å². The van der Waals surface area contributed by atoms with Gasteiger partial charge in [0.25, 0.3) is 0 Å². The molecule has 3 heterocycles. The Balaban J connectivity index is 2.32. The number of rotatable bonds is 2. The Morgan fingerprint density at radius 1 is 1.41 bits per heavy atom. The molecule has 0 saturated carbocycles. The molecule has 0 aliphatic heterocycles. The zero-order chi connectivity index (χ0) is 11.8.